The van der Waals surface area contributed by atoms with Crippen molar-refractivity contribution in [1.29, 1.82) is 0 Å². The number of piperidine rings is 1. The van der Waals surface area contributed by atoms with Gasteiger partial charge in [-0.25, -0.2) is 0 Å². The summed E-state index contributed by atoms with van der Waals surface area (Å²) in [7, 11) is 0. The maximum Gasteiger partial charge on any atom is 0.310 e. The molecule has 1 amide bonds. The minimum absolute atomic E-state index is 0.0112. The molecule has 0 N–H and O–H groups in total. The first-order chi connectivity index (χ1) is 10.7. The summed E-state index contributed by atoms with van der Waals surface area (Å²) in [4.78, 5) is 26.2. The Morgan fingerprint density at radius 3 is 2.59 bits per heavy atom. The van der Waals surface area contributed by atoms with Crippen molar-refractivity contribution in [1.82, 2.24) is 4.90 Å². The van der Waals surface area contributed by atoms with Crippen LogP contribution in [0.5, 0.6) is 0 Å². The van der Waals surface area contributed by atoms with E-state index in [0.29, 0.717) is 25.3 Å². The number of aryl methyl sites for hydroxylation is 1. The first-order valence-corrected chi connectivity index (χ1v) is 8.20. The van der Waals surface area contributed by atoms with Crippen molar-refractivity contribution in [3.05, 3.63) is 35.4 Å². The van der Waals surface area contributed by atoms with E-state index in [4.69, 9.17) is 4.74 Å². The van der Waals surface area contributed by atoms with Crippen molar-refractivity contribution < 1.29 is 14.3 Å². The van der Waals surface area contributed by atoms with E-state index >= 15 is 0 Å². The summed E-state index contributed by atoms with van der Waals surface area (Å²) >= 11 is 0. The van der Waals surface area contributed by atoms with Crippen LogP contribution in [-0.2, 0) is 16.0 Å². The van der Waals surface area contributed by atoms with Gasteiger partial charge in [0.1, 0.15) is 0 Å². The van der Waals surface area contributed by atoms with Crippen LogP contribution in [0.4, 0.5) is 0 Å². The number of esters is 1. The second-order valence-electron chi connectivity index (χ2n) is 5.79. The zero-order valence-corrected chi connectivity index (χ0v) is 13.5. The Morgan fingerprint density at radius 2 is 1.95 bits per heavy atom. The maximum absolute atomic E-state index is 12.6. The molecule has 120 valence electrons. The Labute approximate surface area is 132 Å². The minimum atomic E-state index is -0.183. The van der Waals surface area contributed by atoms with E-state index in [1.165, 1.54) is 5.56 Å². The molecule has 1 fully saturated rings. The van der Waals surface area contributed by atoms with Gasteiger partial charge < -0.3 is 9.64 Å². The van der Waals surface area contributed by atoms with Crippen molar-refractivity contribution in [2.75, 3.05) is 19.7 Å². The third kappa shape index (κ3) is 4.09. The first kappa shape index (κ1) is 16.5. The lowest BCUT2D eigenvalue weighted by Crippen LogP contribution is -2.42. The molecule has 1 saturated heterocycles. The van der Waals surface area contributed by atoms with Gasteiger partial charge in [0.25, 0.3) is 5.91 Å². The number of amides is 1. The molecule has 0 bridgehead atoms. The number of carbonyl (C=O) groups is 2. The lowest BCUT2D eigenvalue weighted by molar-refractivity contribution is -0.149. The summed E-state index contributed by atoms with van der Waals surface area (Å²) in [5, 5.41) is 0. The molecule has 22 heavy (non-hydrogen) atoms. The summed E-state index contributed by atoms with van der Waals surface area (Å²) in [6.45, 7) is 5.52. The zero-order chi connectivity index (χ0) is 15.9. The Morgan fingerprint density at radius 1 is 1.23 bits per heavy atom. The number of carbonyl (C=O) groups excluding carboxylic acids is 2. The SMILES string of the molecule is CCCc1ccc(C(=O)N2CCCC(C(=O)OCC)C2)cc1. The number of rotatable bonds is 5. The van der Waals surface area contributed by atoms with Crippen molar-refractivity contribution in [2.45, 2.75) is 39.5 Å². The van der Waals surface area contributed by atoms with E-state index in [1.807, 2.05) is 31.2 Å². The largest absolute Gasteiger partial charge is 0.466 e. The maximum atomic E-state index is 12.6. The normalized spacial score (nSPS) is 18.1. The quantitative estimate of drug-likeness (QED) is 0.785. The molecule has 0 spiro atoms. The van der Waals surface area contributed by atoms with Crippen molar-refractivity contribution in [3.63, 3.8) is 0 Å². The van der Waals surface area contributed by atoms with Gasteiger partial charge in [-0.2, -0.15) is 0 Å². The summed E-state index contributed by atoms with van der Waals surface area (Å²) < 4.78 is 5.08. The Balaban J connectivity index is 2.00. The molecular formula is C18H25NO3. The fourth-order valence-corrected chi connectivity index (χ4v) is 2.90. The monoisotopic (exact) mass is 303 g/mol. The first-order valence-electron chi connectivity index (χ1n) is 8.20. The van der Waals surface area contributed by atoms with E-state index < -0.39 is 0 Å². The summed E-state index contributed by atoms with van der Waals surface area (Å²) in [6.07, 6.45) is 3.78. The van der Waals surface area contributed by atoms with Crippen LogP contribution in [0.3, 0.4) is 0 Å². The van der Waals surface area contributed by atoms with Gasteiger partial charge >= 0.3 is 5.97 Å². The van der Waals surface area contributed by atoms with Crippen molar-refractivity contribution >= 4 is 11.9 Å². The Kier molecular flexibility index (Phi) is 5.99. The molecule has 0 aliphatic carbocycles. The summed E-state index contributed by atoms with van der Waals surface area (Å²) in [5.41, 5.74) is 1.95. The highest BCUT2D eigenvalue weighted by atomic mass is 16.5. The summed E-state index contributed by atoms with van der Waals surface area (Å²) in [5.74, 6) is -0.354. The molecule has 1 unspecified atom stereocenters. The summed E-state index contributed by atoms with van der Waals surface area (Å²) in [6, 6.07) is 7.82. The topological polar surface area (TPSA) is 46.6 Å². The standard InChI is InChI=1S/C18H25NO3/c1-3-6-14-8-10-15(11-9-14)17(20)19-12-5-7-16(13-19)18(21)22-4-2/h8-11,16H,3-7,12-13H2,1-2H3. The molecule has 4 nitrogen and oxygen atoms in total. The molecule has 4 heteroatoms. The van der Waals surface area contributed by atoms with Crippen LogP contribution in [-0.4, -0.2) is 36.5 Å². The van der Waals surface area contributed by atoms with Crippen LogP contribution < -0.4 is 0 Å². The van der Waals surface area contributed by atoms with Gasteiger partial charge in [0.2, 0.25) is 0 Å². The molecule has 1 aliphatic rings. The lowest BCUT2D eigenvalue weighted by atomic mass is 9.97. The molecule has 1 aliphatic heterocycles. The molecule has 0 saturated carbocycles. The number of hydrogen-bond acceptors (Lipinski definition) is 3. The molecule has 1 heterocycles. The lowest BCUT2D eigenvalue weighted by Gasteiger charge is -2.31. The number of nitrogens with zero attached hydrogens (tertiary/aromatic N) is 1. The third-order valence-corrected chi connectivity index (χ3v) is 4.07. The fourth-order valence-electron chi connectivity index (χ4n) is 2.90. The molecule has 2 rings (SSSR count). The van der Waals surface area contributed by atoms with Crippen LogP contribution >= 0.6 is 0 Å². The minimum Gasteiger partial charge on any atom is -0.466 e. The molecular weight excluding hydrogens is 278 g/mol. The van der Waals surface area contributed by atoms with Gasteiger partial charge in [-0.15, -0.1) is 0 Å². The van der Waals surface area contributed by atoms with E-state index in [9.17, 15) is 9.59 Å². The van der Waals surface area contributed by atoms with Gasteiger partial charge in [-0.3, -0.25) is 9.59 Å². The molecule has 1 aromatic rings. The predicted molar refractivity (Wildman–Crippen MR) is 85.7 cm³/mol. The molecule has 1 atom stereocenters. The highest BCUT2D eigenvalue weighted by Crippen LogP contribution is 2.20. The number of benzene rings is 1. The van der Waals surface area contributed by atoms with Crippen LogP contribution in [0.25, 0.3) is 0 Å². The van der Waals surface area contributed by atoms with Gasteiger partial charge in [-0.05, 0) is 43.9 Å². The van der Waals surface area contributed by atoms with Crippen LogP contribution in [0, 0.1) is 5.92 Å². The number of hydrogen-bond donors (Lipinski definition) is 0. The zero-order valence-electron chi connectivity index (χ0n) is 13.5. The van der Waals surface area contributed by atoms with E-state index in [1.54, 1.807) is 4.90 Å². The van der Waals surface area contributed by atoms with E-state index in [2.05, 4.69) is 6.92 Å². The van der Waals surface area contributed by atoms with Crippen LogP contribution in [0.1, 0.15) is 49.0 Å². The van der Waals surface area contributed by atoms with Crippen LogP contribution in [0.2, 0.25) is 0 Å². The average Bonchev–Trinajstić information content (AvgIpc) is 2.55. The van der Waals surface area contributed by atoms with Crippen molar-refractivity contribution in [2.24, 2.45) is 5.92 Å². The molecule has 1 aromatic carbocycles. The van der Waals surface area contributed by atoms with Gasteiger partial charge in [0.05, 0.1) is 12.5 Å². The second-order valence-corrected chi connectivity index (χ2v) is 5.79. The number of ether oxygens (including phenoxy) is 1. The molecule has 0 radical (unpaired) electrons. The average molecular weight is 303 g/mol. The fraction of sp³-hybridized carbons (Fsp3) is 0.556. The highest BCUT2D eigenvalue weighted by molar-refractivity contribution is 5.94. The highest BCUT2D eigenvalue weighted by Gasteiger charge is 2.29. The second kappa shape index (κ2) is 7.97. The third-order valence-electron chi connectivity index (χ3n) is 4.07. The van der Waals surface area contributed by atoms with Gasteiger partial charge in [0.15, 0.2) is 0 Å². The predicted octanol–water partition coefficient (Wildman–Crippen LogP) is 3.05. The van der Waals surface area contributed by atoms with E-state index in [-0.39, 0.29) is 17.8 Å². The van der Waals surface area contributed by atoms with Crippen molar-refractivity contribution in [3.8, 4) is 0 Å². The Bertz CT molecular complexity index is 510. The molecule has 0 aromatic heterocycles. The van der Waals surface area contributed by atoms with E-state index in [0.717, 1.165) is 25.7 Å². The van der Waals surface area contributed by atoms with Crippen LogP contribution in [0.15, 0.2) is 24.3 Å². The smallest absolute Gasteiger partial charge is 0.310 e. The number of likely N-dealkylation sites (tertiary alicyclic amines) is 1. The van der Waals surface area contributed by atoms with Gasteiger partial charge in [0, 0.05) is 18.7 Å². The van der Waals surface area contributed by atoms with Gasteiger partial charge in [-0.1, -0.05) is 25.5 Å². The Hall–Kier alpha value is -1.84.